The summed E-state index contributed by atoms with van der Waals surface area (Å²) in [4.78, 5) is 3.75. The first-order valence-electron chi connectivity index (χ1n) is 4.19. The number of benzene rings is 1. The molecule has 1 aromatic heterocycles. The zero-order valence-corrected chi connectivity index (χ0v) is 7.56. The number of hydrogen-bond acceptors (Lipinski definition) is 3. The molecular weight excluding hydrogens is 204 g/mol. The molecule has 3 nitrogen and oxygen atoms in total. The van der Waals surface area contributed by atoms with Crippen LogP contribution in [0, 0.1) is 0 Å². The van der Waals surface area contributed by atoms with E-state index in [0.29, 0.717) is 5.76 Å². The van der Waals surface area contributed by atoms with Crippen molar-refractivity contribution in [2.75, 3.05) is 0 Å². The van der Waals surface area contributed by atoms with Gasteiger partial charge in [-0.05, 0) is 24.3 Å². The van der Waals surface area contributed by atoms with Gasteiger partial charge in [0, 0.05) is 5.56 Å². The Kier molecular flexibility index (Phi) is 2.62. The zero-order valence-electron chi connectivity index (χ0n) is 7.56. The topological polar surface area (TPSA) is 35.3 Å². The van der Waals surface area contributed by atoms with Crippen molar-refractivity contribution >= 4 is 0 Å². The SMILES string of the molecule is FC(F)Oc1ccc(-c2cnco2)cc1. The Bertz CT molecular complexity index is 411. The summed E-state index contributed by atoms with van der Waals surface area (Å²) in [5, 5.41) is 0. The largest absolute Gasteiger partial charge is 0.444 e. The molecular formula is C10H7F2NO2. The lowest BCUT2D eigenvalue weighted by molar-refractivity contribution is -0.0498. The summed E-state index contributed by atoms with van der Waals surface area (Å²) in [5.41, 5.74) is 0.758. The highest BCUT2D eigenvalue weighted by Crippen LogP contribution is 2.22. The quantitative estimate of drug-likeness (QED) is 0.782. The average molecular weight is 211 g/mol. The van der Waals surface area contributed by atoms with Gasteiger partial charge in [-0.25, -0.2) is 4.98 Å². The molecule has 0 N–H and O–H groups in total. The minimum atomic E-state index is -2.80. The summed E-state index contributed by atoms with van der Waals surface area (Å²) in [5.74, 6) is 0.701. The second-order valence-electron chi connectivity index (χ2n) is 2.77. The first kappa shape index (κ1) is 9.64. The van der Waals surface area contributed by atoms with Crippen LogP contribution in [0.25, 0.3) is 11.3 Å². The third-order valence-corrected chi connectivity index (χ3v) is 1.80. The van der Waals surface area contributed by atoms with Gasteiger partial charge in [-0.1, -0.05) is 0 Å². The summed E-state index contributed by atoms with van der Waals surface area (Å²) in [6, 6.07) is 6.14. The van der Waals surface area contributed by atoms with Crippen molar-refractivity contribution in [3.05, 3.63) is 36.9 Å². The maximum Gasteiger partial charge on any atom is 0.387 e. The van der Waals surface area contributed by atoms with Crippen LogP contribution in [0.3, 0.4) is 0 Å². The van der Waals surface area contributed by atoms with Crippen molar-refractivity contribution in [1.82, 2.24) is 4.98 Å². The van der Waals surface area contributed by atoms with Crippen molar-refractivity contribution < 1.29 is 17.9 Å². The molecule has 15 heavy (non-hydrogen) atoms. The Labute approximate surface area is 84.3 Å². The van der Waals surface area contributed by atoms with Crippen LogP contribution in [0.4, 0.5) is 8.78 Å². The number of rotatable bonds is 3. The summed E-state index contributed by atoms with van der Waals surface area (Å²) in [6.45, 7) is -2.80. The number of halogens is 2. The van der Waals surface area contributed by atoms with E-state index in [1.54, 1.807) is 18.3 Å². The summed E-state index contributed by atoms with van der Waals surface area (Å²) >= 11 is 0. The van der Waals surface area contributed by atoms with E-state index in [2.05, 4.69) is 9.72 Å². The third-order valence-electron chi connectivity index (χ3n) is 1.80. The molecule has 0 fully saturated rings. The summed E-state index contributed by atoms with van der Waals surface area (Å²) in [6.07, 6.45) is 2.85. The normalized spacial score (nSPS) is 10.6. The lowest BCUT2D eigenvalue weighted by Crippen LogP contribution is -2.01. The maximum absolute atomic E-state index is 11.8. The number of nitrogens with zero attached hydrogens (tertiary/aromatic N) is 1. The minimum absolute atomic E-state index is 0.119. The molecule has 1 heterocycles. The van der Waals surface area contributed by atoms with Crippen LogP contribution in [0.5, 0.6) is 5.75 Å². The van der Waals surface area contributed by atoms with Crippen LogP contribution in [0.15, 0.2) is 41.3 Å². The van der Waals surface area contributed by atoms with Gasteiger partial charge in [-0.2, -0.15) is 8.78 Å². The molecule has 0 aliphatic heterocycles. The first-order chi connectivity index (χ1) is 7.25. The molecule has 5 heteroatoms. The van der Waals surface area contributed by atoms with Crippen LogP contribution in [0.2, 0.25) is 0 Å². The van der Waals surface area contributed by atoms with E-state index in [-0.39, 0.29) is 5.75 Å². The molecule has 0 radical (unpaired) electrons. The molecule has 2 rings (SSSR count). The van der Waals surface area contributed by atoms with E-state index in [1.165, 1.54) is 18.5 Å². The van der Waals surface area contributed by atoms with E-state index < -0.39 is 6.61 Å². The Morgan fingerprint density at radius 3 is 2.47 bits per heavy atom. The van der Waals surface area contributed by atoms with E-state index >= 15 is 0 Å². The lowest BCUT2D eigenvalue weighted by atomic mass is 10.2. The fourth-order valence-corrected chi connectivity index (χ4v) is 1.16. The highest BCUT2D eigenvalue weighted by atomic mass is 19.3. The average Bonchev–Trinajstić information content (AvgIpc) is 2.71. The zero-order chi connectivity index (χ0) is 10.7. The number of aromatic nitrogens is 1. The van der Waals surface area contributed by atoms with Crippen LogP contribution < -0.4 is 4.74 Å². The highest BCUT2D eigenvalue weighted by Gasteiger charge is 2.05. The molecule has 0 aliphatic rings. The number of hydrogen-bond donors (Lipinski definition) is 0. The van der Waals surface area contributed by atoms with Crippen molar-refractivity contribution in [3.63, 3.8) is 0 Å². The van der Waals surface area contributed by atoms with Gasteiger partial charge < -0.3 is 9.15 Å². The second kappa shape index (κ2) is 4.08. The fourth-order valence-electron chi connectivity index (χ4n) is 1.16. The molecule has 2 aromatic rings. The smallest absolute Gasteiger partial charge is 0.387 e. The van der Waals surface area contributed by atoms with Crippen LogP contribution in [0.1, 0.15) is 0 Å². The molecule has 0 unspecified atom stereocenters. The molecule has 0 bridgehead atoms. The van der Waals surface area contributed by atoms with Crippen LogP contribution in [-0.2, 0) is 0 Å². The summed E-state index contributed by atoms with van der Waals surface area (Å²) in [7, 11) is 0. The van der Waals surface area contributed by atoms with E-state index in [1.807, 2.05) is 0 Å². The Balaban J connectivity index is 2.17. The first-order valence-corrected chi connectivity index (χ1v) is 4.19. The number of alkyl halides is 2. The lowest BCUT2D eigenvalue weighted by Gasteiger charge is -2.03. The molecule has 0 spiro atoms. The third kappa shape index (κ3) is 2.31. The molecule has 1 aromatic carbocycles. The van der Waals surface area contributed by atoms with Crippen molar-refractivity contribution in [2.45, 2.75) is 6.61 Å². The Morgan fingerprint density at radius 1 is 1.20 bits per heavy atom. The Morgan fingerprint density at radius 2 is 1.93 bits per heavy atom. The maximum atomic E-state index is 11.8. The van der Waals surface area contributed by atoms with E-state index in [9.17, 15) is 8.78 Å². The molecule has 0 saturated carbocycles. The number of ether oxygens (including phenoxy) is 1. The van der Waals surface area contributed by atoms with E-state index in [4.69, 9.17) is 4.42 Å². The van der Waals surface area contributed by atoms with Gasteiger partial charge in [0.05, 0.1) is 6.20 Å². The van der Waals surface area contributed by atoms with Gasteiger partial charge in [-0.3, -0.25) is 0 Å². The predicted molar refractivity (Wildman–Crippen MR) is 48.6 cm³/mol. The van der Waals surface area contributed by atoms with Gasteiger partial charge in [0.25, 0.3) is 0 Å². The molecule has 0 amide bonds. The van der Waals surface area contributed by atoms with E-state index in [0.717, 1.165) is 5.56 Å². The standard InChI is InChI=1S/C10H7F2NO2/c11-10(12)15-8-3-1-7(2-4-8)9-5-13-6-14-9/h1-6,10H. The Hall–Kier alpha value is -1.91. The summed E-state index contributed by atoms with van der Waals surface area (Å²) < 4.78 is 32.9. The van der Waals surface area contributed by atoms with Gasteiger partial charge in [-0.15, -0.1) is 0 Å². The van der Waals surface area contributed by atoms with Gasteiger partial charge in [0.15, 0.2) is 12.2 Å². The molecule has 0 saturated heterocycles. The van der Waals surface area contributed by atoms with Gasteiger partial charge in [0.1, 0.15) is 5.75 Å². The monoisotopic (exact) mass is 211 g/mol. The molecule has 78 valence electrons. The fraction of sp³-hybridized carbons (Fsp3) is 0.100. The van der Waals surface area contributed by atoms with Crippen molar-refractivity contribution in [2.24, 2.45) is 0 Å². The molecule has 0 aliphatic carbocycles. The van der Waals surface area contributed by atoms with Gasteiger partial charge >= 0.3 is 6.61 Å². The molecule has 0 atom stereocenters. The minimum Gasteiger partial charge on any atom is -0.444 e. The predicted octanol–water partition coefficient (Wildman–Crippen LogP) is 2.94. The highest BCUT2D eigenvalue weighted by molar-refractivity contribution is 5.57. The van der Waals surface area contributed by atoms with Gasteiger partial charge in [0.2, 0.25) is 0 Å². The van der Waals surface area contributed by atoms with Crippen molar-refractivity contribution in [1.29, 1.82) is 0 Å². The number of oxazole rings is 1. The van der Waals surface area contributed by atoms with Crippen LogP contribution in [-0.4, -0.2) is 11.6 Å². The van der Waals surface area contributed by atoms with Crippen LogP contribution >= 0.6 is 0 Å². The van der Waals surface area contributed by atoms with Crippen molar-refractivity contribution in [3.8, 4) is 17.1 Å². The second-order valence-corrected chi connectivity index (χ2v) is 2.77.